The fraction of sp³-hybridized carbons (Fsp3) is 0.370. The Balaban J connectivity index is 1.50. The van der Waals surface area contributed by atoms with E-state index in [9.17, 15) is 9.59 Å². The molecule has 0 radical (unpaired) electrons. The van der Waals surface area contributed by atoms with Crippen molar-refractivity contribution in [1.29, 1.82) is 0 Å². The molecule has 11 heteroatoms. The van der Waals surface area contributed by atoms with E-state index in [0.717, 1.165) is 5.56 Å². The van der Waals surface area contributed by atoms with Crippen molar-refractivity contribution >= 4 is 23.5 Å². The highest BCUT2D eigenvalue weighted by atomic mass is 16.6. The molecule has 0 aliphatic rings. The van der Waals surface area contributed by atoms with Crippen molar-refractivity contribution in [3.05, 3.63) is 60.6 Å². The third kappa shape index (κ3) is 8.49. The van der Waals surface area contributed by atoms with Gasteiger partial charge < -0.3 is 40.3 Å². The van der Waals surface area contributed by atoms with Gasteiger partial charge in [-0.3, -0.25) is 0 Å². The van der Waals surface area contributed by atoms with Crippen molar-refractivity contribution in [2.75, 3.05) is 24.4 Å². The maximum absolute atomic E-state index is 12.6. The number of rotatable bonds is 12. The van der Waals surface area contributed by atoms with E-state index in [2.05, 4.69) is 20.9 Å². The molecular formula is C27H35N5O6. The molecule has 0 bridgehead atoms. The minimum absolute atomic E-state index is 0.113. The smallest absolute Gasteiger partial charge is 0.407 e. The predicted molar refractivity (Wildman–Crippen MR) is 144 cm³/mol. The number of hydrogen-bond donors (Lipinski definition) is 4. The van der Waals surface area contributed by atoms with E-state index in [-0.39, 0.29) is 31.4 Å². The van der Waals surface area contributed by atoms with Crippen molar-refractivity contribution in [3.8, 4) is 17.1 Å². The van der Waals surface area contributed by atoms with Crippen molar-refractivity contribution in [3.63, 3.8) is 0 Å². The molecule has 5 N–H and O–H groups in total. The third-order valence-electron chi connectivity index (χ3n) is 5.79. The second kappa shape index (κ2) is 14.0. The number of ether oxygens (including phenoxy) is 3. The van der Waals surface area contributed by atoms with Gasteiger partial charge in [0.1, 0.15) is 11.9 Å². The Labute approximate surface area is 222 Å². The topological polar surface area (TPSA) is 150 Å². The van der Waals surface area contributed by atoms with Crippen molar-refractivity contribution in [2.45, 2.75) is 52.0 Å². The average Bonchev–Trinajstić information content (AvgIpc) is 3.44. The molecule has 0 saturated carbocycles. The van der Waals surface area contributed by atoms with Crippen LogP contribution in [-0.2, 0) is 16.0 Å². The number of nitrogens with one attached hydrogen (secondary N) is 3. The van der Waals surface area contributed by atoms with Crippen LogP contribution in [0.1, 0.15) is 32.8 Å². The van der Waals surface area contributed by atoms with Gasteiger partial charge in [0, 0.05) is 30.0 Å². The normalized spacial score (nSPS) is 13.2. The van der Waals surface area contributed by atoms with E-state index in [1.165, 1.54) is 13.5 Å². The summed E-state index contributed by atoms with van der Waals surface area (Å²) in [5.41, 5.74) is 8.40. The number of aromatic nitrogens is 1. The molecule has 1 heterocycles. The molecule has 1 unspecified atom stereocenters. The van der Waals surface area contributed by atoms with Crippen LogP contribution in [-0.4, -0.2) is 49.1 Å². The van der Waals surface area contributed by atoms with Gasteiger partial charge in [0.15, 0.2) is 12.2 Å². The zero-order valence-corrected chi connectivity index (χ0v) is 22.0. The Hall–Kier alpha value is -4.09. The van der Waals surface area contributed by atoms with E-state index in [0.29, 0.717) is 34.9 Å². The largest absolute Gasteiger partial charge is 0.496 e. The lowest BCUT2D eigenvalue weighted by Crippen LogP contribution is -2.36. The van der Waals surface area contributed by atoms with E-state index in [1.807, 2.05) is 26.8 Å². The molecule has 0 spiro atoms. The van der Waals surface area contributed by atoms with Crippen molar-refractivity contribution in [1.82, 2.24) is 10.3 Å². The number of urea groups is 1. The minimum atomic E-state index is -0.548. The highest BCUT2D eigenvalue weighted by molar-refractivity contribution is 6.00. The summed E-state index contributed by atoms with van der Waals surface area (Å²) in [6.07, 6.45) is 2.47. The summed E-state index contributed by atoms with van der Waals surface area (Å²) in [6, 6.07) is 11.8. The van der Waals surface area contributed by atoms with Crippen LogP contribution in [0.2, 0.25) is 0 Å². The van der Waals surface area contributed by atoms with Crippen LogP contribution < -0.4 is 26.4 Å². The molecule has 3 rings (SSSR count). The lowest BCUT2D eigenvalue weighted by molar-refractivity contribution is -0.0182. The number of anilines is 2. The molecule has 3 atom stereocenters. The van der Waals surface area contributed by atoms with Gasteiger partial charge in [-0.2, -0.15) is 0 Å². The second-order valence-electron chi connectivity index (χ2n) is 8.75. The number of carbonyl (C=O) groups excluding carboxylic acids is 2. The number of hydrogen-bond acceptors (Lipinski definition) is 8. The van der Waals surface area contributed by atoms with Gasteiger partial charge >= 0.3 is 12.1 Å². The predicted octanol–water partition coefficient (Wildman–Crippen LogP) is 4.75. The van der Waals surface area contributed by atoms with Gasteiger partial charge in [0.25, 0.3) is 0 Å². The van der Waals surface area contributed by atoms with Crippen LogP contribution in [0.5, 0.6) is 5.75 Å². The van der Waals surface area contributed by atoms with Gasteiger partial charge in [0.2, 0.25) is 0 Å². The molecule has 0 aliphatic carbocycles. The first kappa shape index (κ1) is 28.5. The fourth-order valence-corrected chi connectivity index (χ4v) is 3.39. The summed E-state index contributed by atoms with van der Waals surface area (Å²) in [5, 5.41) is 8.29. The van der Waals surface area contributed by atoms with Crippen LogP contribution in [0.3, 0.4) is 0 Å². The maximum Gasteiger partial charge on any atom is 0.407 e. The highest BCUT2D eigenvalue weighted by Crippen LogP contribution is 2.32. The molecule has 0 aliphatic heterocycles. The quantitative estimate of drug-likeness (QED) is 0.265. The summed E-state index contributed by atoms with van der Waals surface area (Å²) in [5.74, 6) is 1.08. The number of benzene rings is 2. The molecular weight excluding hydrogens is 490 g/mol. The van der Waals surface area contributed by atoms with Gasteiger partial charge in [-0.05, 0) is 50.1 Å². The Bertz CT molecular complexity index is 1180. The Morgan fingerprint density at radius 1 is 1.11 bits per heavy atom. The Morgan fingerprint density at radius 3 is 2.53 bits per heavy atom. The lowest BCUT2D eigenvalue weighted by atomic mass is 10.1. The SMILES string of the molecule is CC[C@H](COC(C)[C@@H](C)N)OC(=O)NCc1cccc(NC(=O)Nc2ccc(-c3cnco3)c(OC)c2)c1. The summed E-state index contributed by atoms with van der Waals surface area (Å²) in [7, 11) is 1.54. The van der Waals surface area contributed by atoms with Gasteiger partial charge in [-0.1, -0.05) is 19.1 Å². The van der Waals surface area contributed by atoms with E-state index >= 15 is 0 Å². The van der Waals surface area contributed by atoms with Gasteiger partial charge in [-0.25, -0.2) is 14.6 Å². The van der Waals surface area contributed by atoms with Crippen molar-refractivity contribution in [2.24, 2.45) is 5.73 Å². The maximum atomic E-state index is 12.6. The van der Waals surface area contributed by atoms with Crippen LogP contribution in [0, 0.1) is 0 Å². The monoisotopic (exact) mass is 525 g/mol. The van der Waals surface area contributed by atoms with Crippen LogP contribution in [0.25, 0.3) is 11.3 Å². The van der Waals surface area contributed by atoms with E-state index in [1.54, 1.807) is 42.6 Å². The summed E-state index contributed by atoms with van der Waals surface area (Å²) in [4.78, 5) is 28.8. The second-order valence-corrected chi connectivity index (χ2v) is 8.75. The van der Waals surface area contributed by atoms with Crippen LogP contribution in [0.15, 0.2) is 59.5 Å². The van der Waals surface area contributed by atoms with Crippen LogP contribution in [0.4, 0.5) is 21.0 Å². The van der Waals surface area contributed by atoms with Gasteiger partial charge in [-0.15, -0.1) is 0 Å². The molecule has 38 heavy (non-hydrogen) atoms. The first-order chi connectivity index (χ1) is 18.3. The zero-order chi connectivity index (χ0) is 27.5. The number of nitrogens with zero attached hydrogens (tertiary/aromatic N) is 1. The fourth-order valence-electron chi connectivity index (χ4n) is 3.39. The number of amides is 3. The molecule has 1 aromatic heterocycles. The lowest BCUT2D eigenvalue weighted by Gasteiger charge is -2.21. The number of alkyl carbamates (subject to hydrolysis) is 1. The molecule has 3 amide bonds. The van der Waals surface area contributed by atoms with Gasteiger partial charge in [0.05, 0.1) is 31.6 Å². The molecule has 204 valence electrons. The standard InChI is InChI=1S/C27H35N5O6/c1-5-22(15-36-18(3)17(2)28)38-27(34)30-13-19-7-6-8-20(11-19)31-26(33)32-21-9-10-23(24(12-21)35-4)25-14-29-16-37-25/h6-12,14,16-18,22H,5,13,15,28H2,1-4H3,(H,30,34)(H2,31,32,33)/t17-,18?,22-/m1/s1. The van der Waals surface area contributed by atoms with E-state index in [4.69, 9.17) is 24.4 Å². The molecule has 0 fully saturated rings. The molecule has 0 saturated heterocycles. The zero-order valence-electron chi connectivity index (χ0n) is 22.0. The summed E-state index contributed by atoms with van der Waals surface area (Å²) < 4.78 is 21.9. The third-order valence-corrected chi connectivity index (χ3v) is 5.79. The Kier molecular flexibility index (Phi) is 10.5. The van der Waals surface area contributed by atoms with Crippen LogP contribution >= 0.6 is 0 Å². The number of nitrogens with two attached hydrogens (primary N) is 1. The molecule has 2 aromatic carbocycles. The summed E-state index contributed by atoms with van der Waals surface area (Å²) in [6.45, 7) is 6.16. The average molecular weight is 526 g/mol. The number of carbonyl (C=O) groups is 2. The number of methoxy groups -OCH3 is 1. The number of oxazole rings is 1. The molecule has 11 nitrogen and oxygen atoms in total. The minimum Gasteiger partial charge on any atom is -0.496 e. The Morgan fingerprint density at radius 2 is 1.87 bits per heavy atom. The molecule has 3 aromatic rings. The first-order valence-corrected chi connectivity index (χ1v) is 12.3. The highest BCUT2D eigenvalue weighted by Gasteiger charge is 2.16. The van der Waals surface area contributed by atoms with E-state index < -0.39 is 12.1 Å². The first-order valence-electron chi connectivity index (χ1n) is 12.3. The van der Waals surface area contributed by atoms with Crippen molar-refractivity contribution < 1.29 is 28.2 Å². The summed E-state index contributed by atoms with van der Waals surface area (Å²) >= 11 is 0.